The van der Waals surface area contributed by atoms with E-state index < -0.39 is 11.6 Å². The van der Waals surface area contributed by atoms with Crippen LogP contribution in [-0.4, -0.2) is 9.97 Å². The number of nitrogens with zero attached hydrogens (tertiary/aromatic N) is 2. The summed E-state index contributed by atoms with van der Waals surface area (Å²) >= 11 is 0. The molecule has 0 amide bonds. The van der Waals surface area contributed by atoms with E-state index in [1.54, 1.807) is 6.92 Å². The monoisotopic (exact) mass is 276 g/mol. The molecule has 1 fully saturated rings. The number of benzene rings is 1. The van der Waals surface area contributed by atoms with Crippen molar-refractivity contribution in [1.82, 2.24) is 9.97 Å². The molecule has 6 heteroatoms. The fourth-order valence-corrected chi connectivity index (χ4v) is 1.97. The van der Waals surface area contributed by atoms with E-state index >= 15 is 0 Å². The van der Waals surface area contributed by atoms with E-state index in [0.717, 1.165) is 12.8 Å². The summed E-state index contributed by atoms with van der Waals surface area (Å²) in [5.41, 5.74) is 5.85. The molecule has 0 bridgehead atoms. The molecule has 1 aromatic carbocycles. The Balaban J connectivity index is 1.97. The minimum atomic E-state index is -0.668. The van der Waals surface area contributed by atoms with Crippen LogP contribution in [0.1, 0.15) is 30.1 Å². The lowest BCUT2D eigenvalue weighted by molar-refractivity contribution is 0.584. The third kappa shape index (κ3) is 2.41. The van der Waals surface area contributed by atoms with Gasteiger partial charge in [0, 0.05) is 12.0 Å². The van der Waals surface area contributed by atoms with Crippen LogP contribution in [0.5, 0.6) is 0 Å². The fourth-order valence-electron chi connectivity index (χ4n) is 1.97. The van der Waals surface area contributed by atoms with E-state index in [0.29, 0.717) is 23.1 Å². The Labute approximate surface area is 115 Å². The molecule has 3 rings (SSSR count). The molecule has 1 aliphatic rings. The third-order valence-corrected chi connectivity index (χ3v) is 3.24. The number of hydrogen-bond acceptors (Lipinski definition) is 4. The lowest BCUT2D eigenvalue weighted by Crippen LogP contribution is -2.05. The number of rotatable bonds is 3. The molecule has 1 heterocycles. The highest BCUT2D eigenvalue weighted by Gasteiger charge is 2.27. The minimum absolute atomic E-state index is 0.218. The number of nitrogens with two attached hydrogens (primary N) is 1. The summed E-state index contributed by atoms with van der Waals surface area (Å²) < 4.78 is 27.7. The zero-order valence-electron chi connectivity index (χ0n) is 11.0. The molecule has 0 radical (unpaired) electrons. The van der Waals surface area contributed by atoms with Gasteiger partial charge >= 0.3 is 0 Å². The molecular formula is C14H14F2N4. The molecule has 104 valence electrons. The lowest BCUT2D eigenvalue weighted by Gasteiger charge is -2.11. The second-order valence-corrected chi connectivity index (χ2v) is 4.99. The summed E-state index contributed by atoms with van der Waals surface area (Å²) in [6, 6.07) is 4.07. The molecule has 0 unspecified atom stereocenters. The first-order chi connectivity index (χ1) is 9.54. The molecule has 1 aliphatic carbocycles. The van der Waals surface area contributed by atoms with Gasteiger partial charge < -0.3 is 11.1 Å². The predicted molar refractivity (Wildman–Crippen MR) is 72.8 cm³/mol. The van der Waals surface area contributed by atoms with Crippen LogP contribution in [0.4, 0.5) is 26.1 Å². The number of anilines is 3. The molecule has 0 saturated heterocycles. The van der Waals surface area contributed by atoms with Gasteiger partial charge in [-0.3, -0.25) is 0 Å². The van der Waals surface area contributed by atoms with E-state index in [1.165, 1.54) is 18.2 Å². The Morgan fingerprint density at radius 2 is 2.00 bits per heavy atom. The quantitative estimate of drug-likeness (QED) is 0.903. The minimum Gasteiger partial charge on any atom is -0.384 e. The van der Waals surface area contributed by atoms with Crippen LogP contribution in [0, 0.1) is 18.6 Å². The number of nitrogens with one attached hydrogen (secondary N) is 1. The SMILES string of the molecule is Cc1ccc(F)c(Nc2cc(N)nc(C3CC3)n2)c1F. The van der Waals surface area contributed by atoms with Crippen molar-refractivity contribution in [2.75, 3.05) is 11.1 Å². The zero-order valence-corrected chi connectivity index (χ0v) is 11.0. The highest BCUT2D eigenvalue weighted by molar-refractivity contribution is 5.61. The molecule has 3 N–H and O–H groups in total. The molecular weight excluding hydrogens is 262 g/mol. The number of aromatic nitrogens is 2. The zero-order chi connectivity index (χ0) is 14.3. The predicted octanol–water partition coefficient (Wildman–Crippen LogP) is 3.27. The van der Waals surface area contributed by atoms with Gasteiger partial charge in [-0.25, -0.2) is 18.7 Å². The topological polar surface area (TPSA) is 63.8 Å². The summed E-state index contributed by atoms with van der Waals surface area (Å²) in [6.07, 6.45) is 2.05. The fraction of sp³-hybridized carbons (Fsp3) is 0.286. The average molecular weight is 276 g/mol. The summed E-state index contributed by atoms with van der Waals surface area (Å²) in [5.74, 6) is 0.237. The van der Waals surface area contributed by atoms with Gasteiger partial charge in [-0.15, -0.1) is 0 Å². The van der Waals surface area contributed by atoms with Gasteiger partial charge in [-0.1, -0.05) is 6.07 Å². The number of aryl methyl sites for hydroxylation is 1. The van der Waals surface area contributed by atoms with Gasteiger partial charge in [-0.2, -0.15) is 0 Å². The molecule has 1 aromatic heterocycles. The summed E-state index contributed by atoms with van der Waals surface area (Å²) in [4.78, 5) is 8.41. The molecule has 0 spiro atoms. The Bertz CT molecular complexity index is 668. The number of hydrogen-bond donors (Lipinski definition) is 2. The van der Waals surface area contributed by atoms with Crippen molar-refractivity contribution in [1.29, 1.82) is 0 Å². The van der Waals surface area contributed by atoms with Crippen molar-refractivity contribution < 1.29 is 8.78 Å². The second kappa shape index (κ2) is 4.70. The van der Waals surface area contributed by atoms with Gasteiger partial charge in [0.25, 0.3) is 0 Å². The van der Waals surface area contributed by atoms with Crippen molar-refractivity contribution in [3.8, 4) is 0 Å². The first-order valence-electron chi connectivity index (χ1n) is 6.40. The van der Waals surface area contributed by atoms with Gasteiger partial charge in [0.2, 0.25) is 0 Å². The highest BCUT2D eigenvalue weighted by atomic mass is 19.1. The third-order valence-electron chi connectivity index (χ3n) is 3.24. The highest BCUT2D eigenvalue weighted by Crippen LogP contribution is 2.39. The van der Waals surface area contributed by atoms with Crippen molar-refractivity contribution in [2.24, 2.45) is 0 Å². The van der Waals surface area contributed by atoms with Crippen molar-refractivity contribution in [3.63, 3.8) is 0 Å². The molecule has 4 nitrogen and oxygen atoms in total. The van der Waals surface area contributed by atoms with E-state index in [1.807, 2.05) is 0 Å². The summed E-state index contributed by atoms with van der Waals surface area (Å²) in [7, 11) is 0. The van der Waals surface area contributed by atoms with Gasteiger partial charge in [0.05, 0.1) is 0 Å². The molecule has 20 heavy (non-hydrogen) atoms. The maximum Gasteiger partial charge on any atom is 0.152 e. The molecule has 2 aromatic rings. The van der Waals surface area contributed by atoms with Crippen LogP contribution in [0.25, 0.3) is 0 Å². The first-order valence-corrected chi connectivity index (χ1v) is 6.40. The maximum absolute atomic E-state index is 13.9. The normalized spacial score (nSPS) is 14.3. The summed E-state index contributed by atoms with van der Waals surface area (Å²) in [5, 5.41) is 2.66. The van der Waals surface area contributed by atoms with Crippen LogP contribution in [-0.2, 0) is 0 Å². The largest absolute Gasteiger partial charge is 0.384 e. The van der Waals surface area contributed by atoms with Crippen LogP contribution in [0.15, 0.2) is 18.2 Å². The van der Waals surface area contributed by atoms with Crippen LogP contribution < -0.4 is 11.1 Å². The molecule has 0 atom stereocenters. The number of halogens is 2. The smallest absolute Gasteiger partial charge is 0.152 e. The maximum atomic E-state index is 13.9. The van der Waals surface area contributed by atoms with Crippen LogP contribution in [0.2, 0.25) is 0 Å². The Morgan fingerprint density at radius 1 is 1.25 bits per heavy atom. The van der Waals surface area contributed by atoms with Gasteiger partial charge in [-0.05, 0) is 31.4 Å². The standard InChI is InChI=1S/C14H14F2N4/c1-7-2-5-9(15)13(12(7)16)19-11-6-10(17)18-14(20-11)8-3-4-8/h2,5-6,8H,3-4H2,1H3,(H3,17,18,19,20). The Morgan fingerprint density at radius 3 is 2.70 bits per heavy atom. The van der Waals surface area contributed by atoms with Crippen molar-refractivity contribution in [2.45, 2.75) is 25.7 Å². The second-order valence-electron chi connectivity index (χ2n) is 4.99. The average Bonchev–Trinajstić information content (AvgIpc) is 3.23. The molecule has 0 aliphatic heterocycles. The lowest BCUT2D eigenvalue weighted by atomic mass is 10.2. The number of nitrogen functional groups attached to an aromatic ring is 1. The van der Waals surface area contributed by atoms with E-state index in [-0.39, 0.29) is 11.5 Å². The Kier molecular flexibility index (Phi) is 3.00. The van der Waals surface area contributed by atoms with E-state index in [2.05, 4.69) is 15.3 Å². The molecule has 1 saturated carbocycles. The first kappa shape index (κ1) is 12.8. The van der Waals surface area contributed by atoms with Crippen molar-refractivity contribution >= 4 is 17.3 Å². The summed E-state index contributed by atoms with van der Waals surface area (Å²) in [6.45, 7) is 1.57. The van der Waals surface area contributed by atoms with Crippen LogP contribution >= 0.6 is 0 Å². The Hall–Kier alpha value is -2.24. The van der Waals surface area contributed by atoms with Gasteiger partial charge in [0.1, 0.15) is 29.0 Å². The van der Waals surface area contributed by atoms with Crippen molar-refractivity contribution in [3.05, 3.63) is 41.2 Å². The van der Waals surface area contributed by atoms with Gasteiger partial charge in [0.15, 0.2) is 5.82 Å². The van der Waals surface area contributed by atoms with E-state index in [4.69, 9.17) is 5.73 Å². The van der Waals surface area contributed by atoms with Crippen LogP contribution in [0.3, 0.4) is 0 Å². The van der Waals surface area contributed by atoms with E-state index in [9.17, 15) is 8.78 Å².